The van der Waals surface area contributed by atoms with Crippen molar-refractivity contribution in [3.05, 3.63) is 45.5 Å². The predicted octanol–water partition coefficient (Wildman–Crippen LogP) is 2.39. The van der Waals surface area contributed by atoms with E-state index in [2.05, 4.69) is 26.0 Å². The molecule has 4 rings (SSSR count). The summed E-state index contributed by atoms with van der Waals surface area (Å²) < 4.78 is 1.57. The molecule has 0 spiro atoms. The van der Waals surface area contributed by atoms with Gasteiger partial charge in [-0.15, -0.1) is 11.3 Å². The number of rotatable bonds is 2. The lowest BCUT2D eigenvalue weighted by molar-refractivity contribution is 0.484. The second-order valence-corrected chi connectivity index (χ2v) is 6.90. The maximum absolute atomic E-state index is 12.2. The van der Waals surface area contributed by atoms with Gasteiger partial charge in [0.15, 0.2) is 0 Å². The van der Waals surface area contributed by atoms with Crippen molar-refractivity contribution in [2.24, 2.45) is 0 Å². The van der Waals surface area contributed by atoms with Gasteiger partial charge in [0.25, 0.3) is 5.56 Å². The number of thiophene rings is 1. The third-order valence-corrected chi connectivity index (χ3v) is 4.95. The molecule has 118 valence electrons. The molecule has 23 heavy (non-hydrogen) atoms. The van der Waals surface area contributed by atoms with Gasteiger partial charge in [-0.2, -0.15) is 5.10 Å². The molecular weight excluding hydrogens is 310 g/mol. The van der Waals surface area contributed by atoms with E-state index in [9.17, 15) is 4.79 Å². The number of hydrogen-bond acceptors (Lipinski definition) is 6. The van der Waals surface area contributed by atoms with Crippen LogP contribution < -0.4 is 10.5 Å². The Morgan fingerprint density at radius 3 is 3.00 bits per heavy atom. The van der Waals surface area contributed by atoms with Crippen molar-refractivity contribution in [3.63, 3.8) is 0 Å². The SMILES string of the molecule is CC(C)n1nc2c(cc1=O)CN(c1ncnc3sccc13)CC2. The first-order valence-electron chi connectivity index (χ1n) is 7.68. The first-order chi connectivity index (χ1) is 11.1. The van der Waals surface area contributed by atoms with Crippen LogP contribution in [0.4, 0.5) is 5.82 Å². The molecule has 0 amide bonds. The summed E-state index contributed by atoms with van der Waals surface area (Å²) in [6.07, 6.45) is 2.43. The van der Waals surface area contributed by atoms with Crippen LogP contribution in [0, 0.1) is 0 Å². The molecule has 3 aromatic heterocycles. The van der Waals surface area contributed by atoms with Gasteiger partial charge in [-0.05, 0) is 25.3 Å². The van der Waals surface area contributed by atoms with Crippen molar-refractivity contribution < 1.29 is 0 Å². The molecule has 7 heteroatoms. The molecule has 0 atom stereocenters. The molecule has 0 fully saturated rings. The Morgan fingerprint density at radius 2 is 2.17 bits per heavy atom. The molecule has 1 aliphatic heterocycles. The van der Waals surface area contributed by atoms with Crippen LogP contribution in [0.2, 0.25) is 0 Å². The van der Waals surface area contributed by atoms with Crippen LogP contribution in [0.1, 0.15) is 31.1 Å². The predicted molar refractivity (Wildman–Crippen MR) is 91.1 cm³/mol. The highest BCUT2D eigenvalue weighted by atomic mass is 32.1. The van der Waals surface area contributed by atoms with Gasteiger partial charge >= 0.3 is 0 Å². The molecule has 0 aromatic carbocycles. The zero-order chi connectivity index (χ0) is 16.0. The van der Waals surface area contributed by atoms with Gasteiger partial charge in [0.05, 0.1) is 17.1 Å². The maximum atomic E-state index is 12.2. The molecule has 6 nitrogen and oxygen atoms in total. The van der Waals surface area contributed by atoms with Crippen LogP contribution in [-0.4, -0.2) is 26.3 Å². The van der Waals surface area contributed by atoms with Gasteiger partial charge in [0.1, 0.15) is 17.0 Å². The van der Waals surface area contributed by atoms with Gasteiger partial charge in [-0.1, -0.05) is 0 Å². The van der Waals surface area contributed by atoms with E-state index in [1.807, 2.05) is 19.2 Å². The summed E-state index contributed by atoms with van der Waals surface area (Å²) in [6, 6.07) is 3.86. The van der Waals surface area contributed by atoms with Crippen molar-refractivity contribution in [1.29, 1.82) is 0 Å². The van der Waals surface area contributed by atoms with Crippen LogP contribution >= 0.6 is 11.3 Å². The Hall–Kier alpha value is -2.28. The average Bonchev–Trinajstić information content (AvgIpc) is 3.02. The molecule has 4 heterocycles. The van der Waals surface area contributed by atoms with Crippen LogP contribution in [-0.2, 0) is 13.0 Å². The third-order valence-electron chi connectivity index (χ3n) is 4.13. The van der Waals surface area contributed by atoms with Crippen molar-refractivity contribution in [1.82, 2.24) is 19.7 Å². The molecular formula is C16H17N5OS. The molecule has 0 saturated heterocycles. The molecule has 0 N–H and O–H groups in total. The number of fused-ring (bicyclic) bond motifs is 2. The van der Waals surface area contributed by atoms with Gasteiger partial charge in [0.2, 0.25) is 0 Å². The van der Waals surface area contributed by atoms with Crippen LogP contribution in [0.15, 0.2) is 28.6 Å². The van der Waals surface area contributed by atoms with Crippen molar-refractivity contribution in [3.8, 4) is 0 Å². The lowest BCUT2D eigenvalue weighted by atomic mass is 10.1. The number of anilines is 1. The topological polar surface area (TPSA) is 63.9 Å². The van der Waals surface area contributed by atoms with Crippen molar-refractivity contribution in [2.75, 3.05) is 11.4 Å². The number of nitrogens with zero attached hydrogens (tertiary/aromatic N) is 5. The van der Waals surface area contributed by atoms with Crippen LogP contribution in [0.3, 0.4) is 0 Å². The second kappa shape index (κ2) is 5.42. The summed E-state index contributed by atoms with van der Waals surface area (Å²) in [6.45, 7) is 5.46. The third kappa shape index (κ3) is 2.41. The quantitative estimate of drug-likeness (QED) is 0.723. The van der Waals surface area contributed by atoms with E-state index in [1.165, 1.54) is 0 Å². The highest BCUT2D eigenvalue weighted by Crippen LogP contribution is 2.29. The van der Waals surface area contributed by atoms with Gasteiger partial charge in [-0.3, -0.25) is 4.79 Å². The summed E-state index contributed by atoms with van der Waals surface area (Å²) in [4.78, 5) is 24.2. The fourth-order valence-corrected chi connectivity index (χ4v) is 3.72. The van der Waals surface area contributed by atoms with Crippen LogP contribution in [0.25, 0.3) is 10.2 Å². The Bertz CT molecular complexity index is 930. The fourth-order valence-electron chi connectivity index (χ4n) is 2.99. The van der Waals surface area contributed by atoms with E-state index in [1.54, 1.807) is 28.4 Å². The summed E-state index contributed by atoms with van der Waals surface area (Å²) in [7, 11) is 0. The van der Waals surface area contributed by atoms with E-state index in [0.717, 1.165) is 40.3 Å². The molecule has 0 radical (unpaired) electrons. The number of aromatic nitrogens is 4. The minimum Gasteiger partial charge on any atom is -0.351 e. The van der Waals surface area contributed by atoms with Crippen molar-refractivity contribution >= 4 is 27.4 Å². The Morgan fingerprint density at radius 1 is 1.30 bits per heavy atom. The zero-order valence-corrected chi connectivity index (χ0v) is 13.9. The van der Waals surface area contributed by atoms with E-state index < -0.39 is 0 Å². The molecule has 0 saturated carbocycles. The lowest BCUT2D eigenvalue weighted by Crippen LogP contribution is -2.35. The minimum atomic E-state index is -0.0380. The minimum absolute atomic E-state index is 0.0380. The highest BCUT2D eigenvalue weighted by Gasteiger charge is 2.22. The van der Waals surface area contributed by atoms with Gasteiger partial charge in [-0.25, -0.2) is 14.6 Å². The van der Waals surface area contributed by atoms with Crippen molar-refractivity contribution in [2.45, 2.75) is 32.9 Å². The maximum Gasteiger partial charge on any atom is 0.267 e. The number of hydrogen-bond donors (Lipinski definition) is 0. The molecule has 3 aromatic rings. The summed E-state index contributed by atoms with van der Waals surface area (Å²) in [5, 5.41) is 7.64. The normalized spacial score (nSPS) is 14.5. The second-order valence-electron chi connectivity index (χ2n) is 6.00. The largest absolute Gasteiger partial charge is 0.351 e. The Kier molecular flexibility index (Phi) is 3.37. The highest BCUT2D eigenvalue weighted by molar-refractivity contribution is 7.16. The van der Waals surface area contributed by atoms with E-state index in [4.69, 9.17) is 0 Å². The summed E-state index contributed by atoms with van der Waals surface area (Å²) in [5.41, 5.74) is 1.98. The summed E-state index contributed by atoms with van der Waals surface area (Å²) >= 11 is 1.62. The molecule has 1 aliphatic rings. The van der Waals surface area contributed by atoms with E-state index in [0.29, 0.717) is 6.54 Å². The van der Waals surface area contributed by atoms with Gasteiger partial charge < -0.3 is 4.90 Å². The smallest absolute Gasteiger partial charge is 0.267 e. The lowest BCUT2D eigenvalue weighted by Gasteiger charge is -2.29. The first-order valence-corrected chi connectivity index (χ1v) is 8.56. The van der Waals surface area contributed by atoms with Gasteiger partial charge in [0, 0.05) is 31.1 Å². The monoisotopic (exact) mass is 327 g/mol. The zero-order valence-electron chi connectivity index (χ0n) is 13.1. The first kappa shape index (κ1) is 14.3. The van der Waals surface area contributed by atoms with E-state index >= 15 is 0 Å². The fraction of sp³-hybridized carbons (Fsp3) is 0.375. The summed E-state index contributed by atoms with van der Waals surface area (Å²) in [5.74, 6) is 0.940. The molecule has 0 bridgehead atoms. The standard InChI is InChI=1S/C16H17N5OS/c1-10(2)21-14(22)7-11-8-20(5-3-13(11)19-21)15-12-4-6-23-16(12)18-9-17-15/h4,6-7,9-10H,3,5,8H2,1-2H3. The van der Waals surface area contributed by atoms with E-state index in [-0.39, 0.29) is 11.6 Å². The van der Waals surface area contributed by atoms with Crippen LogP contribution in [0.5, 0.6) is 0 Å². The molecule has 0 aliphatic carbocycles. The average molecular weight is 327 g/mol. The molecule has 0 unspecified atom stereocenters. The Labute approximate surface area is 137 Å². The Balaban J connectivity index is 1.73.